The van der Waals surface area contributed by atoms with Crippen molar-refractivity contribution in [2.45, 2.75) is 46.0 Å². The summed E-state index contributed by atoms with van der Waals surface area (Å²) in [6.45, 7) is 10.9. The van der Waals surface area contributed by atoms with Crippen molar-refractivity contribution in [1.82, 2.24) is 4.98 Å². The molecule has 0 saturated carbocycles. The number of benzene rings is 1. The maximum absolute atomic E-state index is 6.34. The van der Waals surface area contributed by atoms with Crippen LogP contribution in [0.1, 0.15) is 51.5 Å². The van der Waals surface area contributed by atoms with Crippen molar-refractivity contribution in [2.24, 2.45) is 5.73 Å². The molecule has 1 aliphatic carbocycles. The summed E-state index contributed by atoms with van der Waals surface area (Å²) in [6, 6.07) is 10.5. The lowest BCUT2D eigenvalue weighted by molar-refractivity contribution is 0.789. The molecule has 1 atom stereocenters. The summed E-state index contributed by atoms with van der Waals surface area (Å²) in [7, 11) is 0. The number of allylic oxidation sites excluding steroid dienone is 4. The van der Waals surface area contributed by atoms with Crippen molar-refractivity contribution in [2.75, 3.05) is 0 Å². The van der Waals surface area contributed by atoms with Gasteiger partial charge in [-0.2, -0.15) is 0 Å². The van der Waals surface area contributed by atoms with E-state index in [1.54, 1.807) is 0 Å². The van der Waals surface area contributed by atoms with Gasteiger partial charge in [-0.1, -0.05) is 49.3 Å². The minimum atomic E-state index is 0.176. The molecule has 0 radical (unpaired) electrons. The van der Waals surface area contributed by atoms with Crippen LogP contribution >= 0.6 is 0 Å². The van der Waals surface area contributed by atoms with Crippen LogP contribution in [0.5, 0.6) is 0 Å². The molecule has 1 aromatic heterocycles. The minimum Gasteiger partial charge on any atom is -0.402 e. The predicted molar refractivity (Wildman–Crippen MR) is 103 cm³/mol. The normalized spacial score (nSPS) is 18.4. The zero-order valence-corrected chi connectivity index (χ0v) is 14.9. The Hall–Kier alpha value is -2.35. The highest BCUT2D eigenvalue weighted by atomic mass is 14.7. The Kier molecular flexibility index (Phi) is 4.57. The molecule has 0 spiro atoms. The van der Waals surface area contributed by atoms with Crippen molar-refractivity contribution in [1.29, 1.82) is 0 Å². The standard InChI is InChI=1S/C22H26N2/c1-5-8-14(2)21-15(3)11-19(23)16(4)22(21)18-12-17-9-6-7-10-20(17)24-13-18/h6-7,9-10,12-13,22H,2,5,8,11,23H2,1,3-4H3. The van der Waals surface area contributed by atoms with Crippen LogP contribution in [-0.4, -0.2) is 4.98 Å². The molecule has 2 N–H and O–H groups in total. The molecule has 0 saturated heterocycles. The van der Waals surface area contributed by atoms with E-state index in [4.69, 9.17) is 5.73 Å². The summed E-state index contributed by atoms with van der Waals surface area (Å²) in [6.07, 6.45) is 4.98. The quantitative estimate of drug-likeness (QED) is 0.793. The van der Waals surface area contributed by atoms with Crippen LogP contribution in [0.2, 0.25) is 0 Å². The van der Waals surface area contributed by atoms with E-state index in [0.717, 1.165) is 30.5 Å². The second-order valence-electron chi connectivity index (χ2n) is 6.83. The molecule has 1 heterocycles. The lowest BCUT2D eigenvalue weighted by Gasteiger charge is -2.31. The summed E-state index contributed by atoms with van der Waals surface area (Å²) < 4.78 is 0. The van der Waals surface area contributed by atoms with E-state index >= 15 is 0 Å². The number of hydrogen-bond acceptors (Lipinski definition) is 2. The third kappa shape index (κ3) is 2.89. The van der Waals surface area contributed by atoms with Crippen LogP contribution in [0.3, 0.4) is 0 Å². The number of pyridine rings is 1. The molecule has 124 valence electrons. The van der Waals surface area contributed by atoms with Crippen LogP contribution in [0.4, 0.5) is 0 Å². The molecule has 0 aliphatic heterocycles. The number of nitrogens with two attached hydrogens (primary N) is 1. The monoisotopic (exact) mass is 318 g/mol. The summed E-state index contributed by atoms with van der Waals surface area (Å²) >= 11 is 0. The van der Waals surface area contributed by atoms with Crippen LogP contribution in [0, 0.1) is 0 Å². The summed E-state index contributed by atoms with van der Waals surface area (Å²) in [5, 5.41) is 1.17. The molecule has 1 aliphatic rings. The zero-order valence-electron chi connectivity index (χ0n) is 14.9. The summed E-state index contributed by atoms with van der Waals surface area (Å²) in [4.78, 5) is 4.66. The van der Waals surface area contributed by atoms with Crippen molar-refractivity contribution in [3.05, 3.63) is 76.7 Å². The Morgan fingerprint density at radius 1 is 1.29 bits per heavy atom. The third-order valence-corrected chi connectivity index (χ3v) is 5.02. The first kappa shape index (κ1) is 16.5. The Bertz CT molecular complexity index is 855. The van der Waals surface area contributed by atoms with Gasteiger partial charge in [-0.05, 0) is 49.1 Å². The molecule has 2 nitrogen and oxygen atoms in total. The van der Waals surface area contributed by atoms with Gasteiger partial charge in [-0.3, -0.25) is 4.98 Å². The minimum absolute atomic E-state index is 0.176. The largest absolute Gasteiger partial charge is 0.402 e. The molecular formula is C22H26N2. The Morgan fingerprint density at radius 2 is 2.04 bits per heavy atom. The molecule has 1 aromatic carbocycles. The van der Waals surface area contributed by atoms with E-state index in [-0.39, 0.29) is 5.92 Å². The first-order valence-corrected chi connectivity index (χ1v) is 8.70. The van der Waals surface area contributed by atoms with E-state index < -0.39 is 0 Å². The number of nitrogens with zero attached hydrogens (tertiary/aromatic N) is 1. The van der Waals surface area contributed by atoms with Crippen LogP contribution in [-0.2, 0) is 0 Å². The fourth-order valence-electron chi connectivity index (χ4n) is 3.77. The predicted octanol–water partition coefficient (Wildman–Crippen LogP) is 5.63. The van der Waals surface area contributed by atoms with E-state index in [1.807, 2.05) is 12.3 Å². The molecule has 0 bridgehead atoms. The molecule has 2 aromatic rings. The van der Waals surface area contributed by atoms with Crippen LogP contribution < -0.4 is 5.73 Å². The van der Waals surface area contributed by atoms with Crippen molar-refractivity contribution >= 4 is 10.9 Å². The highest BCUT2D eigenvalue weighted by molar-refractivity contribution is 5.79. The number of aromatic nitrogens is 1. The van der Waals surface area contributed by atoms with Crippen LogP contribution in [0.15, 0.2) is 71.1 Å². The molecular weight excluding hydrogens is 292 g/mol. The Balaban J connectivity index is 2.14. The second kappa shape index (κ2) is 6.64. The van der Waals surface area contributed by atoms with E-state index in [0.29, 0.717) is 0 Å². The maximum Gasteiger partial charge on any atom is 0.0702 e. The second-order valence-corrected chi connectivity index (χ2v) is 6.83. The fourth-order valence-corrected chi connectivity index (χ4v) is 3.77. The van der Waals surface area contributed by atoms with Gasteiger partial charge in [-0.25, -0.2) is 0 Å². The molecule has 3 rings (SSSR count). The number of para-hydroxylation sites is 1. The highest BCUT2D eigenvalue weighted by Gasteiger charge is 2.28. The Morgan fingerprint density at radius 3 is 2.79 bits per heavy atom. The molecule has 1 unspecified atom stereocenters. The lowest BCUT2D eigenvalue weighted by atomic mass is 9.74. The van der Waals surface area contributed by atoms with Gasteiger partial charge in [0.15, 0.2) is 0 Å². The average molecular weight is 318 g/mol. The van der Waals surface area contributed by atoms with Gasteiger partial charge in [0.2, 0.25) is 0 Å². The molecule has 0 fully saturated rings. The van der Waals surface area contributed by atoms with Gasteiger partial charge in [0.05, 0.1) is 5.52 Å². The van der Waals surface area contributed by atoms with Gasteiger partial charge < -0.3 is 5.73 Å². The van der Waals surface area contributed by atoms with Gasteiger partial charge in [-0.15, -0.1) is 0 Å². The van der Waals surface area contributed by atoms with Gasteiger partial charge in [0.25, 0.3) is 0 Å². The average Bonchev–Trinajstić information content (AvgIpc) is 2.57. The van der Waals surface area contributed by atoms with Crippen molar-refractivity contribution < 1.29 is 0 Å². The Labute approximate surface area is 144 Å². The number of rotatable bonds is 4. The van der Waals surface area contributed by atoms with Crippen molar-refractivity contribution in [3.63, 3.8) is 0 Å². The van der Waals surface area contributed by atoms with Gasteiger partial charge in [0, 0.05) is 29.6 Å². The first-order chi connectivity index (χ1) is 11.5. The fraction of sp³-hybridized carbons (Fsp3) is 0.318. The van der Waals surface area contributed by atoms with E-state index in [9.17, 15) is 0 Å². The van der Waals surface area contributed by atoms with E-state index in [2.05, 4.69) is 56.6 Å². The third-order valence-electron chi connectivity index (χ3n) is 5.02. The molecule has 2 heteroatoms. The topological polar surface area (TPSA) is 38.9 Å². The summed E-state index contributed by atoms with van der Waals surface area (Å²) in [5.74, 6) is 0.176. The van der Waals surface area contributed by atoms with Gasteiger partial charge in [0.1, 0.15) is 0 Å². The molecule has 24 heavy (non-hydrogen) atoms. The maximum atomic E-state index is 6.34. The first-order valence-electron chi connectivity index (χ1n) is 8.70. The van der Waals surface area contributed by atoms with E-state index in [1.165, 1.54) is 33.2 Å². The molecule has 0 amide bonds. The number of hydrogen-bond donors (Lipinski definition) is 1. The number of fused-ring (bicyclic) bond motifs is 1. The highest BCUT2D eigenvalue weighted by Crippen LogP contribution is 2.44. The SMILES string of the molecule is C=C(CCC)C1=C(C)CC(N)=C(C)C1c1cnc2ccccc2c1. The van der Waals surface area contributed by atoms with Gasteiger partial charge >= 0.3 is 0 Å². The smallest absolute Gasteiger partial charge is 0.0702 e. The van der Waals surface area contributed by atoms with Crippen molar-refractivity contribution in [3.8, 4) is 0 Å². The zero-order chi connectivity index (χ0) is 17.3. The lowest BCUT2D eigenvalue weighted by Crippen LogP contribution is -2.18. The van der Waals surface area contributed by atoms with Crippen LogP contribution in [0.25, 0.3) is 10.9 Å². The summed E-state index contributed by atoms with van der Waals surface area (Å²) in [5.41, 5.74) is 14.7.